The number of carboxylic acid groups (broad SMARTS) is 1. The Balaban J connectivity index is 2.40. The summed E-state index contributed by atoms with van der Waals surface area (Å²) in [5.41, 5.74) is 5.35. The lowest BCUT2D eigenvalue weighted by atomic mass is 9.76. The van der Waals surface area contributed by atoms with Gasteiger partial charge < -0.3 is 10.8 Å². The molecule has 0 amide bonds. The highest BCUT2D eigenvalue weighted by Crippen LogP contribution is 2.74. The molecule has 0 saturated heterocycles. The first kappa shape index (κ1) is 9.97. The number of rotatable bonds is 1. The molecule has 0 aromatic rings. The third-order valence-corrected chi connectivity index (χ3v) is 4.81. The fourth-order valence-corrected chi connectivity index (χ4v) is 3.78. The van der Waals surface area contributed by atoms with E-state index in [4.69, 9.17) is 5.73 Å². The number of carboxylic acids is 1. The largest absolute Gasteiger partial charge is 0.481 e. The maximum absolute atomic E-state index is 11.4. The molecule has 0 aromatic carbocycles. The van der Waals surface area contributed by atoms with Crippen LogP contribution in [0, 0.1) is 22.7 Å². The van der Waals surface area contributed by atoms with Crippen LogP contribution in [0.5, 0.6) is 0 Å². The van der Waals surface area contributed by atoms with Gasteiger partial charge in [-0.1, -0.05) is 20.8 Å². The number of hydrogen-bond acceptors (Lipinski definition) is 2. The zero-order valence-corrected chi connectivity index (χ0v) is 9.08. The Kier molecular flexibility index (Phi) is 1.79. The van der Waals surface area contributed by atoms with E-state index < -0.39 is 11.4 Å². The predicted molar refractivity (Wildman–Crippen MR) is 53.7 cm³/mol. The van der Waals surface area contributed by atoms with Crippen molar-refractivity contribution >= 4 is 5.97 Å². The van der Waals surface area contributed by atoms with E-state index in [2.05, 4.69) is 6.92 Å². The average molecular weight is 197 g/mol. The fourth-order valence-electron chi connectivity index (χ4n) is 3.78. The molecule has 2 fully saturated rings. The summed E-state index contributed by atoms with van der Waals surface area (Å²) >= 11 is 0. The van der Waals surface area contributed by atoms with Crippen molar-refractivity contribution in [3.63, 3.8) is 0 Å². The van der Waals surface area contributed by atoms with Gasteiger partial charge in [0.05, 0.1) is 5.41 Å². The lowest BCUT2D eigenvalue weighted by Gasteiger charge is -2.32. The molecule has 2 saturated carbocycles. The molecule has 3 nitrogen and oxygen atoms in total. The summed E-state index contributed by atoms with van der Waals surface area (Å²) in [7, 11) is 0. The molecule has 14 heavy (non-hydrogen) atoms. The van der Waals surface area contributed by atoms with Crippen molar-refractivity contribution < 1.29 is 9.90 Å². The average Bonchev–Trinajstić information content (AvgIpc) is 2.58. The smallest absolute Gasteiger partial charge is 0.312 e. The van der Waals surface area contributed by atoms with Gasteiger partial charge in [-0.2, -0.15) is 0 Å². The van der Waals surface area contributed by atoms with Crippen LogP contribution in [0.1, 0.15) is 33.6 Å². The van der Waals surface area contributed by atoms with Gasteiger partial charge in [0.25, 0.3) is 0 Å². The van der Waals surface area contributed by atoms with Crippen LogP contribution in [0.15, 0.2) is 0 Å². The third-order valence-electron chi connectivity index (χ3n) is 4.81. The van der Waals surface area contributed by atoms with E-state index in [0.717, 1.165) is 12.8 Å². The highest BCUT2D eigenvalue weighted by Gasteiger charge is 2.79. The first-order chi connectivity index (χ1) is 6.36. The summed E-state index contributed by atoms with van der Waals surface area (Å²) in [4.78, 5) is 11.4. The van der Waals surface area contributed by atoms with Gasteiger partial charge in [0.2, 0.25) is 0 Å². The molecule has 2 rings (SSSR count). The summed E-state index contributed by atoms with van der Waals surface area (Å²) in [5, 5.41) is 9.38. The monoisotopic (exact) mass is 197 g/mol. The number of nitrogens with two attached hydrogens (primary N) is 1. The quantitative estimate of drug-likeness (QED) is 0.669. The third kappa shape index (κ3) is 0.800. The predicted octanol–water partition coefficient (Wildman–Crippen LogP) is 1.47. The highest BCUT2D eigenvalue weighted by atomic mass is 16.4. The normalized spacial score (nSPS) is 49.6. The zero-order valence-electron chi connectivity index (χ0n) is 9.08. The van der Waals surface area contributed by atoms with E-state index in [9.17, 15) is 9.90 Å². The Morgan fingerprint density at radius 1 is 1.43 bits per heavy atom. The molecule has 3 N–H and O–H groups in total. The highest BCUT2D eigenvalue weighted by molar-refractivity contribution is 5.82. The van der Waals surface area contributed by atoms with Crippen molar-refractivity contribution in [1.29, 1.82) is 0 Å². The molecule has 0 aromatic heterocycles. The van der Waals surface area contributed by atoms with Crippen LogP contribution in [0.2, 0.25) is 0 Å². The Labute approximate surface area is 84.7 Å². The molecule has 0 aliphatic heterocycles. The Morgan fingerprint density at radius 3 is 2.43 bits per heavy atom. The van der Waals surface area contributed by atoms with Gasteiger partial charge in [-0.05, 0) is 30.1 Å². The van der Waals surface area contributed by atoms with Crippen LogP contribution in [0.3, 0.4) is 0 Å². The first-order valence-electron chi connectivity index (χ1n) is 5.35. The standard InChI is InChI=1S/C11H19NO2/c1-6-4-5-7-10(2,3)11(7,8(6)12)9(13)14/h6-8H,4-5,12H2,1-3H3,(H,13,14). The molecule has 0 spiro atoms. The molecule has 0 bridgehead atoms. The van der Waals surface area contributed by atoms with Crippen LogP contribution >= 0.6 is 0 Å². The van der Waals surface area contributed by atoms with Gasteiger partial charge in [-0.25, -0.2) is 0 Å². The fraction of sp³-hybridized carbons (Fsp3) is 0.909. The maximum atomic E-state index is 11.4. The van der Waals surface area contributed by atoms with Crippen molar-refractivity contribution in [2.75, 3.05) is 0 Å². The molecular formula is C11H19NO2. The van der Waals surface area contributed by atoms with Gasteiger partial charge in [-0.3, -0.25) is 4.79 Å². The van der Waals surface area contributed by atoms with Crippen LogP contribution < -0.4 is 5.73 Å². The van der Waals surface area contributed by atoms with Gasteiger partial charge in [0.1, 0.15) is 0 Å². The van der Waals surface area contributed by atoms with E-state index in [-0.39, 0.29) is 11.5 Å². The van der Waals surface area contributed by atoms with Gasteiger partial charge in [0, 0.05) is 6.04 Å². The molecule has 80 valence electrons. The maximum Gasteiger partial charge on any atom is 0.312 e. The second-order valence-electron chi connectivity index (χ2n) is 5.53. The van der Waals surface area contributed by atoms with Crippen molar-refractivity contribution in [2.24, 2.45) is 28.4 Å². The summed E-state index contributed by atoms with van der Waals surface area (Å²) in [6.45, 7) is 6.16. The number of aliphatic carboxylic acids is 1. The molecule has 3 heteroatoms. The minimum Gasteiger partial charge on any atom is -0.481 e. The van der Waals surface area contributed by atoms with Crippen LogP contribution in [0.25, 0.3) is 0 Å². The van der Waals surface area contributed by atoms with Crippen LogP contribution in [-0.4, -0.2) is 17.1 Å². The van der Waals surface area contributed by atoms with Crippen molar-refractivity contribution in [2.45, 2.75) is 39.7 Å². The van der Waals surface area contributed by atoms with Crippen molar-refractivity contribution in [1.82, 2.24) is 0 Å². The summed E-state index contributed by atoms with van der Waals surface area (Å²) in [5.74, 6) is -0.0608. The lowest BCUT2D eigenvalue weighted by Crippen LogP contribution is -2.47. The topological polar surface area (TPSA) is 63.3 Å². The van der Waals surface area contributed by atoms with E-state index in [1.54, 1.807) is 0 Å². The molecule has 2 aliphatic rings. The second-order valence-corrected chi connectivity index (χ2v) is 5.53. The minimum absolute atomic E-state index is 0.108. The van der Waals surface area contributed by atoms with E-state index in [0.29, 0.717) is 11.8 Å². The van der Waals surface area contributed by atoms with E-state index in [1.807, 2.05) is 13.8 Å². The molecular weight excluding hydrogens is 178 g/mol. The number of hydrogen-bond donors (Lipinski definition) is 2. The number of fused-ring (bicyclic) bond motifs is 1. The van der Waals surface area contributed by atoms with Crippen molar-refractivity contribution in [3.8, 4) is 0 Å². The Bertz CT molecular complexity index is 287. The molecule has 0 heterocycles. The Hall–Kier alpha value is -0.570. The zero-order chi connectivity index (χ0) is 10.7. The second kappa shape index (κ2) is 2.51. The number of carbonyl (C=O) groups is 1. The first-order valence-corrected chi connectivity index (χ1v) is 5.35. The van der Waals surface area contributed by atoms with E-state index in [1.165, 1.54) is 0 Å². The van der Waals surface area contributed by atoms with Crippen LogP contribution in [-0.2, 0) is 4.79 Å². The summed E-state index contributed by atoms with van der Waals surface area (Å²) < 4.78 is 0. The summed E-state index contributed by atoms with van der Waals surface area (Å²) in [6.07, 6.45) is 2.10. The molecule has 4 atom stereocenters. The van der Waals surface area contributed by atoms with Crippen LogP contribution in [0.4, 0.5) is 0 Å². The van der Waals surface area contributed by atoms with Gasteiger partial charge >= 0.3 is 5.97 Å². The molecule has 4 unspecified atom stereocenters. The van der Waals surface area contributed by atoms with Gasteiger partial charge in [0.15, 0.2) is 0 Å². The lowest BCUT2D eigenvalue weighted by molar-refractivity contribution is -0.147. The van der Waals surface area contributed by atoms with Crippen molar-refractivity contribution in [3.05, 3.63) is 0 Å². The van der Waals surface area contributed by atoms with Gasteiger partial charge in [-0.15, -0.1) is 0 Å². The Morgan fingerprint density at radius 2 is 2.00 bits per heavy atom. The minimum atomic E-state index is -0.688. The summed E-state index contributed by atoms with van der Waals surface area (Å²) in [6, 6.07) is -0.172. The van der Waals surface area contributed by atoms with E-state index >= 15 is 0 Å². The SMILES string of the molecule is CC1CCC2C(C)(C)C2(C(=O)O)C1N. The molecule has 2 aliphatic carbocycles. The molecule has 0 radical (unpaired) electrons.